The van der Waals surface area contributed by atoms with Crippen molar-refractivity contribution in [1.82, 2.24) is 10.1 Å². The van der Waals surface area contributed by atoms with Crippen LogP contribution in [0.1, 0.15) is 11.1 Å². The van der Waals surface area contributed by atoms with E-state index in [1.807, 2.05) is 55.5 Å². The highest BCUT2D eigenvalue weighted by Gasteiger charge is 2.10. The van der Waals surface area contributed by atoms with E-state index in [-0.39, 0.29) is 0 Å². The molecule has 2 N–H and O–H groups in total. The number of aryl methyl sites for hydroxylation is 1. The Morgan fingerprint density at radius 1 is 1.05 bits per heavy atom. The van der Waals surface area contributed by atoms with Gasteiger partial charge in [-0.05, 0) is 30.7 Å². The summed E-state index contributed by atoms with van der Waals surface area (Å²) in [6.45, 7) is 2.56. The van der Waals surface area contributed by atoms with E-state index in [1.54, 1.807) is 0 Å². The van der Waals surface area contributed by atoms with E-state index >= 15 is 0 Å². The van der Waals surface area contributed by atoms with E-state index < -0.39 is 0 Å². The summed E-state index contributed by atoms with van der Waals surface area (Å²) in [6.07, 6.45) is 0. The van der Waals surface area contributed by atoms with Gasteiger partial charge < -0.3 is 10.3 Å². The summed E-state index contributed by atoms with van der Waals surface area (Å²) in [4.78, 5) is 4.44. The topological polar surface area (TPSA) is 64.9 Å². The number of rotatable bonds is 3. The van der Waals surface area contributed by atoms with Crippen molar-refractivity contribution in [3.63, 3.8) is 0 Å². The molecule has 0 unspecified atom stereocenters. The number of benzene rings is 2. The molecule has 0 spiro atoms. The van der Waals surface area contributed by atoms with Crippen molar-refractivity contribution in [1.29, 1.82) is 0 Å². The summed E-state index contributed by atoms with van der Waals surface area (Å²) >= 11 is 0. The van der Waals surface area contributed by atoms with Crippen LogP contribution in [0.15, 0.2) is 53.1 Å². The minimum absolute atomic E-state index is 0.519. The lowest BCUT2D eigenvalue weighted by Crippen LogP contribution is -1.95. The summed E-state index contributed by atoms with van der Waals surface area (Å²) in [5.74, 6) is 1.12. The average molecular weight is 265 g/mol. The van der Waals surface area contributed by atoms with Crippen LogP contribution in [0.5, 0.6) is 0 Å². The number of nitrogens with two attached hydrogens (primary N) is 1. The molecule has 0 aliphatic heterocycles. The van der Waals surface area contributed by atoms with Gasteiger partial charge in [0.15, 0.2) is 0 Å². The minimum Gasteiger partial charge on any atom is -0.334 e. The quantitative estimate of drug-likeness (QED) is 0.790. The largest absolute Gasteiger partial charge is 0.334 e. The zero-order chi connectivity index (χ0) is 13.9. The summed E-state index contributed by atoms with van der Waals surface area (Å²) in [5, 5.41) is 4.04. The molecule has 4 nitrogen and oxygen atoms in total. The molecule has 0 amide bonds. The molecule has 3 rings (SSSR count). The molecular weight excluding hydrogens is 250 g/mol. The monoisotopic (exact) mass is 265 g/mol. The standard InChI is InChI=1S/C16H15N3O/c1-11-3-2-4-14(9-11)15-18-16(20-19-15)13-7-5-12(10-17)6-8-13/h2-9H,10,17H2,1H3. The molecule has 3 aromatic rings. The highest BCUT2D eigenvalue weighted by Crippen LogP contribution is 2.22. The Morgan fingerprint density at radius 2 is 1.85 bits per heavy atom. The second-order valence-electron chi connectivity index (χ2n) is 4.69. The third kappa shape index (κ3) is 2.46. The van der Waals surface area contributed by atoms with Gasteiger partial charge in [0, 0.05) is 17.7 Å². The third-order valence-electron chi connectivity index (χ3n) is 3.14. The molecule has 0 aliphatic rings. The van der Waals surface area contributed by atoms with Gasteiger partial charge in [-0.25, -0.2) is 0 Å². The number of aromatic nitrogens is 2. The molecule has 2 aromatic carbocycles. The Balaban J connectivity index is 1.93. The van der Waals surface area contributed by atoms with Crippen LogP contribution in [0.4, 0.5) is 0 Å². The van der Waals surface area contributed by atoms with E-state index in [0.717, 1.165) is 16.7 Å². The molecule has 0 saturated carbocycles. The van der Waals surface area contributed by atoms with Gasteiger partial charge >= 0.3 is 0 Å². The molecule has 0 radical (unpaired) electrons. The zero-order valence-corrected chi connectivity index (χ0v) is 11.2. The maximum Gasteiger partial charge on any atom is 0.258 e. The molecule has 100 valence electrons. The maximum absolute atomic E-state index is 5.58. The summed E-state index contributed by atoms with van der Waals surface area (Å²) in [6, 6.07) is 15.8. The van der Waals surface area contributed by atoms with Gasteiger partial charge in [0.2, 0.25) is 5.82 Å². The normalized spacial score (nSPS) is 10.7. The fraction of sp³-hybridized carbons (Fsp3) is 0.125. The van der Waals surface area contributed by atoms with E-state index in [9.17, 15) is 0 Å². The number of hydrogen-bond donors (Lipinski definition) is 1. The van der Waals surface area contributed by atoms with Crippen LogP contribution >= 0.6 is 0 Å². The van der Waals surface area contributed by atoms with Gasteiger partial charge in [0.1, 0.15) is 0 Å². The van der Waals surface area contributed by atoms with Crippen molar-refractivity contribution < 1.29 is 4.52 Å². The van der Waals surface area contributed by atoms with E-state index in [4.69, 9.17) is 10.3 Å². The van der Waals surface area contributed by atoms with Crippen molar-refractivity contribution in [3.05, 3.63) is 59.7 Å². The highest BCUT2D eigenvalue weighted by molar-refractivity contribution is 5.60. The van der Waals surface area contributed by atoms with Crippen LogP contribution in [0.25, 0.3) is 22.8 Å². The Morgan fingerprint density at radius 3 is 2.55 bits per heavy atom. The molecule has 0 saturated heterocycles. The summed E-state index contributed by atoms with van der Waals surface area (Å²) in [5.41, 5.74) is 9.68. The van der Waals surface area contributed by atoms with Crippen LogP contribution in [0, 0.1) is 6.92 Å². The first-order chi connectivity index (χ1) is 9.76. The second kappa shape index (κ2) is 5.27. The van der Waals surface area contributed by atoms with Gasteiger partial charge in [0.25, 0.3) is 5.89 Å². The Labute approximate surface area is 117 Å². The van der Waals surface area contributed by atoms with Gasteiger partial charge in [-0.1, -0.05) is 41.1 Å². The predicted octanol–water partition coefficient (Wildman–Crippen LogP) is 3.17. The first kappa shape index (κ1) is 12.6. The van der Waals surface area contributed by atoms with Gasteiger partial charge in [-0.3, -0.25) is 0 Å². The van der Waals surface area contributed by atoms with Crippen LogP contribution < -0.4 is 5.73 Å². The Kier molecular flexibility index (Phi) is 3.31. The molecular formula is C16H15N3O. The SMILES string of the molecule is Cc1cccc(-c2noc(-c3ccc(CN)cc3)n2)c1. The van der Waals surface area contributed by atoms with Crippen LogP contribution in [-0.4, -0.2) is 10.1 Å². The van der Waals surface area contributed by atoms with Crippen molar-refractivity contribution in [3.8, 4) is 22.8 Å². The first-order valence-corrected chi connectivity index (χ1v) is 6.46. The smallest absolute Gasteiger partial charge is 0.258 e. The van der Waals surface area contributed by atoms with Crippen molar-refractivity contribution in [2.45, 2.75) is 13.5 Å². The first-order valence-electron chi connectivity index (χ1n) is 6.46. The third-order valence-corrected chi connectivity index (χ3v) is 3.14. The fourth-order valence-electron chi connectivity index (χ4n) is 2.03. The summed E-state index contributed by atoms with van der Waals surface area (Å²) < 4.78 is 5.33. The molecule has 4 heteroatoms. The van der Waals surface area contributed by atoms with E-state index in [1.165, 1.54) is 5.56 Å². The predicted molar refractivity (Wildman–Crippen MR) is 77.8 cm³/mol. The van der Waals surface area contributed by atoms with Crippen LogP contribution in [0.3, 0.4) is 0 Å². The lowest BCUT2D eigenvalue weighted by molar-refractivity contribution is 0.432. The lowest BCUT2D eigenvalue weighted by atomic mass is 10.1. The maximum atomic E-state index is 5.58. The van der Waals surface area contributed by atoms with Crippen LogP contribution in [-0.2, 0) is 6.54 Å². The van der Waals surface area contributed by atoms with Gasteiger partial charge in [0.05, 0.1) is 0 Å². The van der Waals surface area contributed by atoms with E-state index in [2.05, 4.69) is 10.1 Å². The minimum atomic E-state index is 0.519. The molecule has 1 heterocycles. The van der Waals surface area contributed by atoms with Crippen molar-refractivity contribution in [2.24, 2.45) is 5.73 Å². The van der Waals surface area contributed by atoms with Gasteiger partial charge in [-0.2, -0.15) is 4.98 Å². The number of nitrogens with zero attached hydrogens (tertiary/aromatic N) is 2. The van der Waals surface area contributed by atoms with Crippen molar-refractivity contribution in [2.75, 3.05) is 0 Å². The Bertz CT molecular complexity index is 717. The Hall–Kier alpha value is -2.46. The number of hydrogen-bond acceptors (Lipinski definition) is 4. The summed E-state index contributed by atoms with van der Waals surface area (Å²) in [7, 11) is 0. The molecule has 0 aliphatic carbocycles. The molecule has 0 atom stereocenters. The second-order valence-corrected chi connectivity index (χ2v) is 4.69. The molecule has 20 heavy (non-hydrogen) atoms. The fourth-order valence-corrected chi connectivity index (χ4v) is 2.03. The molecule has 1 aromatic heterocycles. The van der Waals surface area contributed by atoms with Crippen LogP contribution in [0.2, 0.25) is 0 Å². The van der Waals surface area contributed by atoms with E-state index in [0.29, 0.717) is 18.3 Å². The average Bonchev–Trinajstić information content (AvgIpc) is 2.97. The van der Waals surface area contributed by atoms with Crippen molar-refractivity contribution >= 4 is 0 Å². The zero-order valence-electron chi connectivity index (χ0n) is 11.2. The molecule has 0 bridgehead atoms. The lowest BCUT2D eigenvalue weighted by Gasteiger charge is -1.97. The highest BCUT2D eigenvalue weighted by atomic mass is 16.5. The molecule has 0 fully saturated rings. The van der Waals surface area contributed by atoms with Gasteiger partial charge in [-0.15, -0.1) is 0 Å².